The van der Waals surface area contributed by atoms with Gasteiger partial charge in [0.25, 0.3) is 0 Å². The molecule has 0 amide bonds. The van der Waals surface area contributed by atoms with E-state index in [9.17, 15) is 15.3 Å². The van der Waals surface area contributed by atoms with Gasteiger partial charge in [0.05, 0.1) is 32.5 Å². The van der Waals surface area contributed by atoms with Crippen molar-refractivity contribution in [1.82, 2.24) is 10.9 Å². The first kappa shape index (κ1) is 19.6. The van der Waals surface area contributed by atoms with Gasteiger partial charge in [0.1, 0.15) is 23.9 Å². The van der Waals surface area contributed by atoms with Crippen molar-refractivity contribution in [3.63, 3.8) is 0 Å². The van der Waals surface area contributed by atoms with Crippen LogP contribution in [0, 0.1) is 0 Å². The number of aliphatic hydroxyl groups excluding tert-OH is 8. The highest BCUT2D eigenvalue weighted by atomic mass is 16.4. The number of rotatable bonds is 11. The van der Waals surface area contributed by atoms with Gasteiger partial charge in [0.15, 0.2) is 0 Å². The van der Waals surface area contributed by atoms with Crippen molar-refractivity contribution in [2.45, 2.75) is 30.0 Å². The zero-order chi connectivity index (χ0) is 15.8. The van der Waals surface area contributed by atoms with Crippen molar-refractivity contribution in [3.8, 4) is 0 Å². The second kappa shape index (κ2) is 9.52. The van der Waals surface area contributed by atoms with Crippen molar-refractivity contribution in [2.24, 2.45) is 0 Å². The van der Waals surface area contributed by atoms with Crippen LogP contribution in [-0.2, 0) is 0 Å². The molecule has 20 heavy (non-hydrogen) atoms. The Hall–Kier alpha value is -0.400. The number of hydrogen-bond donors (Lipinski definition) is 10. The lowest BCUT2D eigenvalue weighted by molar-refractivity contribution is -0.115. The minimum absolute atomic E-state index is 0.321. The second-order valence-corrected chi connectivity index (χ2v) is 4.56. The molecule has 0 aromatic heterocycles. The van der Waals surface area contributed by atoms with Gasteiger partial charge in [-0.05, 0) is 0 Å². The van der Waals surface area contributed by atoms with E-state index in [4.69, 9.17) is 25.5 Å². The fourth-order valence-electron chi connectivity index (χ4n) is 1.30. The monoisotopic (exact) mass is 300 g/mol. The molecule has 10 nitrogen and oxygen atoms in total. The van der Waals surface area contributed by atoms with Crippen LogP contribution in [-0.4, -0.2) is 104 Å². The molecule has 0 aromatic rings. The van der Waals surface area contributed by atoms with E-state index >= 15 is 0 Å². The van der Waals surface area contributed by atoms with Crippen molar-refractivity contribution >= 4 is 0 Å². The lowest BCUT2D eigenvalue weighted by Crippen LogP contribution is -2.61. The van der Waals surface area contributed by atoms with Crippen molar-refractivity contribution < 1.29 is 40.9 Å². The standard InChI is InChI=1S/C10H24N2O8/c13-2-7(18)9(20)8(19)6(17)1-11-12-10(3-14,4-15)5-16/h6-9,11-20H,1-5H2/t6-,7+,8+,9+/m0/s1. The first-order valence-electron chi connectivity index (χ1n) is 6.03. The Morgan fingerprint density at radius 3 is 1.60 bits per heavy atom. The smallest absolute Gasteiger partial charge is 0.111 e. The Bertz CT molecular complexity index is 245. The van der Waals surface area contributed by atoms with Crippen LogP contribution in [0.25, 0.3) is 0 Å². The summed E-state index contributed by atoms with van der Waals surface area (Å²) >= 11 is 0. The largest absolute Gasteiger partial charge is 0.394 e. The molecule has 10 heteroatoms. The molecule has 0 rings (SSSR count). The molecule has 0 unspecified atom stereocenters. The van der Waals surface area contributed by atoms with Crippen LogP contribution >= 0.6 is 0 Å². The number of hydrogen-bond acceptors (Lipinski definition) is 10. The van der Waals surface area contributed by atoms with Crippen LogP contribution in [0.1, 0.15) is 0 Å². The van der Waals surface area contributed by atoms with Gasteiger partial charge in [-0.25, -0.2) is 5.43 Å². The normalized spacial score (nSPS) is 18.6. The summed E-state index contributed by atoms with van der Waals surface area (Å²) in [6.45, 7) is -2.86. The van der Waals surface area contributed by atoms with Gasteiger partial charge in [0, 0.05) is 6.54 Å². The second-order valence-electron chi connectivity index (χ2n) is 4.56. The van der Waals surface area contributed by atoms with E-state index in [-0.39, 0.29) is 6.54 Å². The van der Waals surface area contributed by atoms with Gasteiger partial charge in [-0.15, -0.1) is 0 Å². The minimum atomic E-state index is -1.74. The molecule has 0 aliphatic heterocycles. The average molecular weight is 300 g/mol. The topological polar surface area (TPSA) is 186 Å². The van der Waals surface area contributed by atoms with Crippen LogP contribution in [0.5, 0.6) is 0 Å². The summed E-state index contributed by atoms with van der Waals surface area (Å²) in [5.41, 5.74) is 3.35. The Labute approximate surface area is 115 Å². The van der Waals surface area contributed by atoms with E-state index in [2.05, 4.69) is 10.9 Å². The highest BCUT2D eigenvalue weighted by Gasteiger charge is 2.31. The van der Waals surface area contributed by atoms with Gasteiger partial charge in [0.2, 0.25) is 0 Å². The first-order valence-corrected chi connectivity index (χ1v) is 6.03. The molecule has 0 radical (unpaired) electrons. The van der Waals surface area contributed by atoms with Crippen molar-refractivity contribution in [3.05, 3.63) is 0 Å². The van der Waals surface area contributed by atoms with Gasteiger partial charge >= 0.3 is 0 Å². The molecule has 0 spiro atoms. The fraction of sp³-hybridized carbons (Fsp3) is 1.00. The Balaban J connectivity index is 4.25. The van der Waals surface area contributed by atoms with Crippen LogP contribution < -0.4 is 10.9 Å². The van der Waals surface area contributed by atoms with Crippen LogP contribution in [0.3, 0.4) is 0 Å². The number of aliphatic hydroxyl groups is 8. The predicted octanol–water partition coefficient (Wildman–Crippen LogP) is -5.77. The third kappa shape index (κ3) is 5.54. The van der Waals surface area contributed by atoms with E-state index in [1.165, 1.54) is 0 Å². The summed E-state index contributed by atoms with van der Waals surface area (Å²) in [5.74, 6) is 0. The minimum Gasteiger partial charge on any atom is -0.394 e. The summed E-state index contributed by atoms with van der Waals surface area (Å²) in [6.07, 6.45) is -6.57. The summed E-state index contributed by atoms with van der Waals surface area (Å²) in [7, 11) is 0. The van der Waals surface area contributed by atoms with E-state index in [1.807, 2.05) is 0 Å². The fourth-order valence-corrected chi connectivity index (χ4v) is 1.30. The van der Waals surface area contributed by atoms with E-state index in [1.54, 1.807) is 0 Å². The quantitative estimate of drug-likeness (QED) is 0.165. The number of nitrogens with one attached hydrogen (secondary N) is 2. The summed E-state index contributed by atoms with van der Waals surface area (Å²) in [6, 6.07) is 0. The molecule has 0 aromatic carbocycles. The van der Waals surface area contributed by atoms with Gasteiger partial charge in [-0.1, -0.05) is 0 Å². The van der Waals surface area contributed by atoms with Crippen LogP contribution in [0.2, 0.25) is 0 Å². The zero-order valence-electron chi connectivity index (χ0n) is 10.9. The molecule has 4 atom stereocenters. The number of hydrazine groups is 1. The predicted molar refractivity (Wildman–Crippen MR) is 66.2 cm³/mol. The molecular weight excluding hydrogens is 276 g/mol. The highest BCUT2D eigenvalue weighted by Crippen LogP contribution is 2.05. The van der Waals surface area contributed by atoms with Crippen molar-refractivity contribution in [2.75, 3.05) is 33.0 Å². The molecule has 122 valence electrons. The maximum atomic E-state index is 9.55. The van der Waals surface area contributed by atoms with Crippen molar-refractivity contribution in [1.29, 1.82) is 0 Å². The molecule has 10 N–H and O–H groups in total. The lowest BCUT2D eigenvalue weighted by Gasteiger charge is -2.31. The molecule has 0 saturated carbocycles. The third-order valence-corrected chi connectivity index (χ3v) is 2.90. The zero-order valence-corrected chi connectivity index (χ0v) is 10.9. The first-order chi connectivity index (χ1) is 9.37. The van der Waals surface area contributed by atoms with E-state index < -0.39 is 56.4 Å². The average Bonchev–Trinajstić information content (AvgIpc) is 2.49. The maximum absolute atomic E-state index is 9.55. The van der Waals surface area contributed by atoms with Crippen LogP contribution in [0.4, 0.5) is 0 Å². The summed E-state index contributed by atoms with van der Waals surface area (Å²) in [5, 5.41) is 73.2. The Kier molecular flexibility index (Phi) is 9.33. The summed E-state index contributed by atoms with van der Waals surface area (Å²) < 4.78 is 0. The SMILES string of the molecule is OC[C@@H](O)[C@@H](O)[C@H](O)[C@@H](O)CNNC(CO)(CO)CO. The summed E-state index contributed by atoms with van der Waals surface area (Å²) in [4.78, 5) is 0. The van der Waals surface area contributed by atoms with E-state index in [0.717, 1.165) is 0 Å². The van der Waals surface area contributed by atoms with E-state index in [0.29, 0.717) is 0 Å². The molecule has 0 fully saturated rings. The van der Waals surface area contributed by atoms with Gasteiger partial charge in [-0.3, -0.25) is 5.43 Å². The Morgan fingerprint density at radius 2 is 1.20 bits per heavy atom. The highest BCUT2D eigenvalue weighted by molar-refractivity contribution is 4.86. The Morgan fingerprint density at radius 1 is 0.750 bits per heavy atom. The van der Waals surface area contributed by atoms with Crippen LogP contribution in [0.15, 0.2) is 0 Å². The third-order valence-electron chi connectivity index (χ3n) is 2.90. The van der Waals surface area contributed by atoms with Gasteiger partial charge in [-0.2, -0.15) is 0 Å². The molecule has 0 aliphatic rings. The molecular formula is C10H24N2O8. The molecule has 0 aliphatic carbocycles. The lowest BCUT2D eigenvalue weighted by atomic mass is 10.0. The molecule has 0 bridgehead atoms. The molecule has 0 heterocycles. The maximum Gasteiger partial charge on any atom is 0.111 e. The van der Waals surface area contributed by atoms with Gasteiger partial charge < -0.3 is 40.9 Å². The molecule has 0 saturated heterocycles.